The fourth-order valence-electron chi connectivity index (χ4n) is 0.768. The average Bonchev–Trinajstić information content (AvgIpc) is 2.16. The van der Waals surface area contributed by atoms with Crippen molar-refractivity contribution in [2.75, 3.05) is 20.2 Å². The van der Waals surface area contributed by atoms with Crippen molar-refractivity contribution < 1.29 is 15.1 Å². The summed E-state index contributed by atoms with van der Waals surface area (Å²) in [7, 11) is 1.99. The minimum absolute atomic E-state index is 0. The topological polar surface area (TPSA) is 62.6 Å². The van der Waals surface area contributed by atoms with Gasteiger partial charge in [-0.3, -0.25) is 4.48 Å². The van der Waals surface area contributed by atoms with Crippen LogP contribution in [0.25, 0.3) is 0 Å². The van der Waals surface area contributed by atoms with Crippen molar-refractivity contribution in [3.05, 3.63) is 12.4 Å². The molecule has 0 amide bonds. The van der Waals surface area contributed by atoms with E-state index in [4.69, 9.17) is 5.11 Å². The zero-order chi connectivity index (χ0) is 6.74. The Balaban J connectivity index is 0.000000810. The van der Waals surface area contributed by atoms with Gasteiger partial charge in [-0.25, -0.2) is 4.99 Å². The molecule has 0 aliphatic carbocycles. The Morgan fingerprint density at radius 3 is 2.70 bits per heavy atom. The summed E-state index contributed by atoms with van der Waals surface area (Å²) in [6.07, 6.45) is 5.49. The van der Waals surface area contributed by atoms with E-state index < -0.39 is 0 Å². The highest BCUT2D eigenvalue weighted by atomic mass is 16.3. The van der Waals surface area contributed by atoms with Gasteiger partial charge in [-0.2, -0.15) is 0 Å². The summed E-state index contributed by atoms with van der Waals surface area (Å²) in [6.45, 7) is 0.910. The molecule has 1 aliphatic heterocycles. The molecule has 10 heavy (non-hydrogen) atoms. The second-order valence-electron chi connectivity index (χ2n) is 2.36. The Hall–Kier alpha value is -0.710. The van der Waals surface area contributed by atoms with E-state index in [0.29, 0.717) is 11.0 Å². The van der Waals surface area contributed by atoms with Gasteiger partial charge < -0.3 is 10.6 Å². The Bertz CT molecular complexity index is 142. The number of nitrogens with zero attached hydrogens (tertiary/aromatic N) is 2. The summed E-state index contributed by atoms with van der Waals surface area (Å²) in [5, 5.41) is 8.58. The fraction of sp³-hybridized carbons (Fsp3) is 0.500. The molecule has 1 atom stereocenters. The van der Waals surface area contributed by atoms with Crippen molar-refractivity contribution >= 4 is 6.34 Å². The molecule has 1 aliphatic rings. The van der Waals surface area contributed by atoms with Crippen LogP contribution in [0.15, 0.2) is 17.4 Å². The number of hydrogen-bond acceptors (Lipinski definition) is 3. The maximum absolute atomic E-state index is 8.58. The first kappa shape index (κ1) is 9.29. The highest BCUT2D eigenvalue weighted by Crippen LogP contribution is 2.04. The van der Waals surface area contributed by atoms with Crippen LogP contribution in [-0.4, -0.2) is 41.6 Å². The Morgan fingerprint density at radius 1 is 1.60 bits per heavy atom. The van der Waals surface area contributed by atoms with Gasteiger partial charge >= 0.3 is 0 Å². The van der Waals surface area contributed by atoms with Crippen molar-refractivity contribution in [3.63, 3.8) is 0 Å². The predicted molar refractivity (Wildman–Crippen MR) is 37.7 cm³/mol. The summed E-state index contributed by atoms with van der Waals surface area (Å²) in [5.74, 6) is 0. The number of quaternary nitrogens is 1. The standard InChI is InChI=1S/C6H11N2O.H2O/c1-8(4-5-9)3-2-7-6-8;/h2-3,6,9H,4-5H2,1H3;1H2/q+1;/p-1. The van der Waals surface area contributed by atoms with Gasteiger partial charge in [0.25, 0.3) is 0 Å². The van der Waals surface area contributed by atoms with Crippen LogP contribution in [0.5, 0.6) is 0 Å². The minimum Gasteiger partial charge on any atom is -0.870 e. The summed E-state index contributed by atoms with van der Waals surface area (Å²) < 4.78 is 0.622. The first-order valence-electron chi connectivity index (χ1n) is 2.95. The van der Waals surface area contributed by atoms with E-state index in [1.807, 2.05) is 13.2 Å². The van der Waals surface area contributed by atoms with Gasteiger partial charge in [0.15, 0.2) is 6.34 Å². The van der Waals surface area contributed by atoms with Gasteiger partial charge in [-0.15, -0.1) is 0 Å². The molecule has 0 fully saturated rings. The smallest absolute Gasteiger partial charge is 0.194 e. The molecule has 0 saturated carbocycles. The molecule has 4 heteroatoms. The Labute approximate surface area is 60.0 Å². The number of aliphatic hydroxyl groups excluding tert-OH is 1. The van der Waals surface area contributed by atoms with E-state index in [1.165, 1.54) is 0 Å². The summed E-state index contributed by atoms with van der Waals surface area (Å²) in [6, 6.07) is 0. The molecule has 1 heterocycles. The third-order valence-corrected chi connectivity index (χ3v) is 1.41. The van der Waals surface area contributed by atoms with Crippen LogP contribution in [0.3, 0.4) is 0 Å². The maximum atomic E-state index is 8.58. The minimum atomic E-state index is 0. The lowest BCUT2D eigenvalue weighted by molar-refractivity contribution is -0.757. The molecule has 0 saturated heterocycles. The number of rotatable bonds is 2. The van der Waals surface area contributed by atoms with Crippen LogP contribution < -0.4 is 0 Å². The van der Waals surface area contributed by atoms with Gasteiger partial charge in [-0.05, 0) is 0 Å². The van der Waals surface area contributed by atoms with Gasteiger partial charge in [0, 0.05) is 0 Å². The zero-order valence-corrected chi connectivity index (χ0v) is 5.94. The molecule has 0 spiro atoms. The SMILES string of the molecule is C[N+]1(CCO)C=CN=C1.[OH-]. The molecule has 2 N–H and O–H groups in total. The molecular weight excluding hydrogens is 132 g/mol. The van der Waals surface area contributed by atoms with Gasteiger partial charge in [0.2, 0.25) is 0 Å². The Kier molecular flexibility index (Phi) is 3.21. The normalized spacial score (nSPS) is 28.6. The van der Waals surface area contributed by atoms with Crippen molar-refractivity contribution in [1.82, 2.24) is 0 Å². The molecule has 0 aromatic heterocycles. The van der Waals surface area contributed by atoms with E-state index in [9.17, 15) is 0 Å². The summed E-state index contributed by atoms with van der Waals surface area (Å²) >= 11 is 0. The highest BCUT2D eigenvalue weighted by molar-refractivity contribution is 5.50. The Morgan fingerprint density at radius 2 is 2.30 bits per heavy atom. The van der Waals surface area contributed by atoms with Gasteiger partial charge in [0.05, 0.1) is 19.9 Å². The van der Waals surface area contributed by atoms with Crippen molar-refractivity contribution in [1.29, 1.82) is 0 Å². The number of likely N-dealkylation sites (N-methyl/N-ethyl adjacent to an activating group) is 1. The molecule has 0 radical (unpaired) electrons. The van der Waals surface area contributed by atoms with Gasteiger partial charge in [-0.1, -0.05) is 0 Å². The van der Waals surface area contributed by atoms with Crippen LogP contribution in [0.4, 0.5) is 0 Å². The first-order chi connectivity index (χ1) is 4.27. The molecule has 1 unspecified atom stereocenters. The van der Waals surface area contributed by atoms with Crippen molar-refractivity contribution in [3.8, 4) is 0 Å². The molecular formula is C6H12N2O2. The van der Waals surface area contributed by atoms with Crippen LogP contribution in [0.2, 0.25) is 0 Å². The summed E-state index contributed by atoms with van der Waals surface area (Å²) in [5.41, 5.74) is 0. The van der Waals surface area contributed by atoms with E-state index in [1.54, 1.807) is 12.5 Å². The van der Waals surface area contributed by atoms with Crippen LogP contribution in [-0.2, 0) is 0 Å². The molecule has 58 valence electrons. The van der Waals surface area contributed by atoms with Crippen molar-refractivity contribution in [2.45, 2.75) is 0 Å². The molecule has 0 aromatic rings. The quantitative estimate of drug-likeness (QED) is 0.544. The van der Waals surface area contributed by atoms with E-state index in [0.717, 1.165) is 0 Å². The lowest BCUT2D eigenvalue weighted by atomic mass is 10.5. The van der Waals surface area contributed by atoms with Gasteiger partial charge in [0.1, 0.15) is 12.7 Å². The maximum Gasteiger partial charge on any atom is 0.194 e. The fourth-order valence-corrected chi connectivity index (χ4v) is 0.768. The van der Waals surface area contributed by atoms with Crippen LogP contribution >= 0.6 is 0 Å². The van der Waals surface area contributed by atoms with E-state index in [-0.39, 0.29) is 12.1 Å². The van der Waals surface area contributed by atoms with Crippen LogP contribution in [0, 0.1) is 0 Å². The predicted octanol–water partition coefficient (Wildman–Crippen LogP) is -0.238. The zero-order valence-electron chi connectivity index (χ0n) is 5.94. The average molecular weight is 144 g/mol. The monoisotopic (exact) mass is 144 g/mol. The van der Waals surface area contributed by atoms with Crippen LogP contribution in [0.1, 0.15) is 0 Å². The third-order valence-electron chi connectivity index (χ3n) is 1.41. The summed E-state index contributed by atoms with van der Waals surface area (Å²) in [4.78, 5) is 3.91. The highest BCUT2D eigenvalue weighted by Gasteiger charge is 2.17. The molecule has 4 nitrogen and oxygen atoms in total. The second kappa shape index (κ2) is 3.46. The number of aliphatic imine (C=N–C) groups is 1. The van der Waals surface area contributed by atoms with E-state index in [2.05, 4.69) is 4.99 Å². The molecule has 0 aromatic carbocycles. The lowest BCUT2D eigenvalue weighted by Gasteiger charge is -2.19. The number of aliphatic hydroxyl groups is 1. The largest absolute Gasteiger partial charge is 0.870 e. The van der Waals surface area contributed by atoms with Crippen molar-refractivity contribution in [2.24, 2.45) is 4.99 Å². The molecule has 0 bridgehead atoms. The lowest BCUT2D eigenvalue weighted by Crippen LogP contribution is -2.37. The van der Waals surface area contributed by atoms with E-state index >= 15 is 0 Å². The number of hydrogen-bond donors (Lipinski definition) is 1. The first-order valence-corrected chi connectivity index (χ1v) is 2.95. The second-order valence-corrected chi connectivity index (χ2v) is 2.36. The third kappa shape index (κ3) is 1.91. The molecule has 1 rings (SSSR count).